The zero-order valence-electron chi connectivity index (χ0n) is 19.0. The second kappa shape index (κ2) is 9.99. The number of aromatic nitrogens is 1. The van der Waals surface area contributed by atoms with Crippen molar-refractivity contribution in [3.63, 3.8) is 0 Å². The third-order valence-corrected chi connectivity index (χ3v) is 6.01. The highest BCUT2D eigenvalue weighted by molar-refractivity contribution is 7.80. The number of hydrogen-bond donors (Lipinski definition) is 2. The Morgan fingerprint density at radius 1 is 1.06 bits per heavy atom. The summed E-state index contributed by atoms with van der Waals surface area (Å²) in [5.74, 6) is 2.03. The lowest BCUT2D eigenvalue weighted by Crippen LogP contribution is -2.29. The van der Waals surface area contributed by atoms with Gasteiger partial charge in [0.1, 0.15) is 23.3 Å². The summed E-state index contributed by atoms with van der Waals surface area (Å²) in [6, 6.07) is 26.1. The van der Waals surface area contributed by atoms with Crippen molar-refractivity contribution in [2.45, 2.75) is 19.0 Å². The Morgan fingerprint density at radius 3 is 2.51 bits per heavy atom. The second-order valence-corrected chi connectivity index (χ2v) is 8.53. The fraction of sp³-hybridized carbons (Fsp3) is 0.148. The molecule has 0 aliphatic carbocycles. The van der Waals surface area contributed by atoms with Crippen molar-refractivity contribution in [1.29, 1.82) is 0 Å². The number of furan rings is 1. The second-order valence-electron chi connectivity index (χ2n) is 8.14. The monoisotopic (exact) mass is 484 g/mol. The van der Waals surface area contributed by atoms with E-state index in [-0.39, 0.29) is 24.6 Å². The molecule has 2 aromatic carbocycles. The summed E-state index contributed by atoms with van der Waals surface area (Å²) < 4.78 is 11.5. The third-order valence-electron chi connectivity index (χ3n) is 5.69. The van der Waals surface area contributed by atoms with Gasteiger partial charge in [0.25, 0.3) is 5.91 Å². The smallest absolute Gasteiger partial charge is 0.262 e. The first-order chi connectivity index (χ1) is 17.1. The zero-order chi connectivity index (χ0) is 24.2. The summed E-state index contributed by atoms with van der Waals surface area (Å²) >= 11 is 5.73. The number of hydrogen-bond acceptors (Lipinski definition) is 5. The van der Waals surface area contributed by atoms with Crippen LogP contribution in [0, 0.1) is 6.92 Å². The van der Waals surface area contributed by atoms with Crippen molar-refractivity contribution in [1.82, 2.24) is 10.3 Å². The maximum atomic E-state index is 12.3. The van der Waals surface area contributed by atoms with Crippen molar-refractivity contribution in [3.05, 3.63) is 108 Å². The third kappa shape index (κ3) is 5.02. The number of para-hydroxylation sites is 1. The molecular weight excluding hydrogens is 460 g/mol. The van der Waals surface area contributed by atoms with Gasteiger partial charge in [0.15, 0.2) is 11.7 Å². The first kappa shape index (κ1) is 22.6. The number of ether oxygens (including phenoxy) is 1. The number of rotatable bonds is 7. The van der Waals surface area contributed by atoms with Crippen LogP contribution in [-0.4, -0.2) is 22.6 Å². The van der Waals surface area contributed by atoms with Crippen LogP contribution in [0.4, 0.5) is 11.4 Å². The molecule has 0 unspecified atom stereocenters. The highest BCUT2D eigenvalue weighted by Crippen LogP contribution is 2.42. The summed E-state index contributed by atoms with van der Waals surface area (Å²) in [6.07, 6.45) is 1.77. The van der Waals surface area contributed by atoms with Crippen LogP contribution in [0.3, 0.4) is 0 Å². The number of benzene rings is 2. The molecule has 0 spiro atoms. The summed E-state index contributed by atoms with van der Waals surface area (Å²) in [6.45, 7) is 1.85. The lowest BCUT2D eigenvalue weighted by molar-refractivity contribution is -0.118. The Hall–Kier alpha value is -4.17. The zero-order valence-corrected chi connectivity index (χ0v) is 19.9. The minimum atomic E-state index is -0.237. The Labute approximate surface area is 208 Å². The van der Waals surface area contributed by atoms with Crippen LogP contribution in [0.25, 0.3) is 0 Å². The summed E-state index contributed by atoms with van der Waals surface area (Å²) in [5.41, 5.74) is 2.41. The number of aryl methyl sites for hydroxylation is 1. The van der Waals surface area contributed by atoms with Crippen LogP contribution in [0.1, 0.15) is 29.3 Å². The molecule has 0 saturated carbocycles. The van der Waals surface area contributed by atoms with Crippen molar-refractivity contribution in [3.8, 4) is 5.75 Å². The van der Waals surface area contributed by atoms with E-state index in [1.165, 1.54) is 0 Å². The SMILES string of the molecule is Cc1ccc([C@@H]2[C@H](c3ccccn3)NC(=S)N2c2ccc(NC(=O)COc3ccccc3)cc2)o1. The van der Waals surface area contributed by atoms with E-state index in [0.29, 0.717) is 16.5 Å². The van der Waals surface area contributed by atoms with Gasteiger partial charge in [-0.15, -0.1) is 0 Å². The molecule has 1 aliphatic rings. The molecule has 7 nitrogen and oxygen atoms in total. The van der Waals surface area contributed by atoms with E-state index >= 15 is 0 Å². The van der Waals surface area contributed by atoms with Crippen LogP contribution in [0.2, 0.25) is 0 Å². The maximum absolute atomic E-state index is 12.3. The Morgan fingerprint density at radius 2 is 1.83 bits per heavy atom. The molecule has 0 bridgehead atoms. The van der Waals surface area contributed by atoms with E-state index in [4.69, 9.17) is 21.4 Å². The minimum absolute atomic E-state index is 0.0719. The Kier molecular flexibility index (Phi) is 6.45. The summed E-state index contributed by atoms with van der Waals surface area (Å²) in [5, 5.41) is 6.84. The van der Waals surface area contributed by atoms with Crippen LogP contribution in [-0.2, 0) is 4.79 Å². The number of pyridine rings is 1. The molecule has 1 amide bonds. The van der Waals surface area contributed by atoms with E-state index in [1.54, 1.807) is 6.20 Å². The van der Waals surface area contributed by atoms with E-state index in [2.05, 4.69) is 15.6 Å². The molecule has 35 heavy (non-hydrogen) atoms. The van der Waals surface area contributed by atoms with Crippen LogP contribution in [0.5, 0.6) is 5.75 Å². The highest BCUT2D eigenvalue weighted by Gasteiger charge is 2.42. The fourth-order valence-corrected chi connectivity index (χ4v) is 4.45. The van der Waals surface area contributed by atoms with Gasteiger partial charge in [-0.1, -0.05) is 24.3 Å². The minimum Gasteiger partial charge on any atom is -0.484 e. The predicted molar refractivity (Wildman–Crippen MR) is 138 cm³/mol. The number of carbonyl (C=O) groups is 1. The van der Waals surface area contributed by atoms with E-state index in [1.807, 2.05) is 96.8 Å². The molecule has 1 saturated heterocycles. The topological polar surface area (TPSA) is 79.6 Å². The average molecular weight is 485 g/mol. The maximum Gasteiger partial charge on any atom is 0.262 e. The van der Waals surface area contributed by atoms with Crippen LogP contribution < -0.4 is 20.3 Å². The first-order valence-corrected chi connectivity index (χ1v) is 11.6. The Balaban J connectivity index is 1.34. The van der Waals surface area contributed by atoms with E-state index < -0.39 is 0 Å². The molecule has 0 radical (unpaired) electrons. The number of nitrogens with zero attached hydrogens (tertiary/aromatic N) is 2. The van der Waals surface area contributed by atoms with Gasteiger partial charge in [0.2, 0.25) is 0 Å². The number of nitrogens with one attached hydrogen (secondary N) is 2. The Bertz CT molecular complexity index is 1310. The van der Waals surface area contributed by atoms with Gasteiger partial charge in [-0.3, -0.25) is 9.78 Å². The van der Waals surface area contributed by atoms with Crippen molar-refractivity contribution in [2.24, 2.45) is 0 Å². The van der Waals surface area contributed by atoms with Gasteiger partial charge >= 0.3 is 0 Å². The molecule has 2 aromatic heterocycles. The molecule has 8 heteroatoms. The summed E-state index contributed by atoms with van der Waals surface area (Å²) in [7, 11) is 0. The molecular formula is C27H24N4O3S. The van der Waals surface area contributed by atoms with Gasteiger partial charge in [0, 0.05) is 17.6 Å². The van der Waals surface area contributed by atoms with Gasteiger partial charge in [-0.25, -0.2) is 0 Å². The number of carbonyl (C=O) groups excluding carboxylic acids is 1. The first-order valence-electron chi connectivity index (χ1n) is 11.2. The number of amides is 1. The van der Waals surface area contributed by atoms with Crippen molar-refractivity contribution >= 4 is 34.6 Å². The predicted octanol–water partition coefficient (Wildman–Crippen LogP) is 5.18. The van der Waals surface area contributed by atoms with Gasteiger partial charge in [-0.2, -0.15) is 0 Å². The molecule has 1 aliphatic heterocycles. The molecule has 2 N–H and O–H groups in total. The lowest BCUT2D eigenvalue weighted by atomic mass is 10.0. The van der Waals surface area contributed by atoms with Crippen LogP contribution in [0.15, 0.2) is 95.5 Å². The van der Waals surface area contributed by atoms with Gasteiger partial charge < -0.3 is 24.7 Å². The van der Waals surface area contributed by atoms with Crippen LogP contribution >= 0.6 is 12.2 Å². The molecule has 2 atom stereocenters. The number of thiocarbonyl (C=S) groups is 1. The molecule has 4 aromatic rings. The molecule has 1 fully saturated rings. The normalized spacial score (nSPS) is 17.2. The quantitative estimate of drug-likeness (QED) is 0.350. The molecule has 3 heterocycles. The van der Waals surface area contributed by atoms with E-state index in [9.17, 15) is 4.79 Å². The summed E-state index contributed by atoms with van der Waals surface area (Å²) in [4.78, 5) is 18.9. The van der Waals surface area contributed by atoms with E-state index in [0.717, 1.165) is 22.9 Å². The molecule has 5 rings (SSSR count). The van der Waals surface area contributed by atoms with Gasteiger partial charge in [0.05, 0.1) is 11.7 Å². The van der Waals surface area contributed by atoms with Crippen molar-refractivity contribution < 1.29 is 13.9 Å². The van der Waals surface area contributed by atoms with Gasteiger partial charge in [-0.05, 0) is 79.8 Å². The average Bonchev–Trinajstić information content (AvgIpc) is 3.47. The molecule has 176 valence electrons. The highest BCUT2D eigenvalue weighted by atomic mass is 32.1. The lowest BCUT2D eigenvalue weighted by Gasteiger charge is -2.26. The van der Waals surface area contributed by atoms with Crippen molar-refractivity contribution in [2.75, 3.05) is 16.8 Å². The standard InChI is InChI=1S/C27H24N4O3S/c1-18-10-15-23(34-18)26-25(22-9-5-6-16-28-22)30-27(35)31(26)20-13-11-19(12-14-20)29-24(32)17-33-21-7-3-2-4-8-21/h2-16,25-26H,17H2,1H3,(H,29,32)(H,30,35)/t25-,26+/m0/s1. The number of anilines is 2. The fourth-order valence-electron chi connectivity index (χ4n) is 4.10. The largest absolute Gasteiger partial charge is 0.484 e.